The van der Waals surface area contributed by atoms with E-state index in [-0.39, 0.29) is 5.41 Å². The molecule has 0 amide bonds. The van der Waals surface area contributed by atoms with Gasteiger partial charge < -0.3 is 0 Å². The Balaban J connectivity index is 2.71. The third-order valence-corrected chi connectivity index (χ3v) is 1.92. The second kappa shape index (κ2) is 3.68. The number of hydrogen-bond acceptors (Lipinski definition) is 2. The van der Waals surface area contributed by atoms with Gasteiger partial charge in [0, 0.05) is 22.4 Å². The molecule has 1 aromatic heterocycles. The van der Waals surface area contributed by atoms with Gasteiger partial charge in [0.15, 0.2) is 0 Å². The van der Waals surface area contributed by atoms with Crippen LogP contribution in [0.2, 0.25) is 0 Å². The van der Waals surface area contributed by atoms with Gasteiger partial charge in [0.1, 0.15) is 5.82 Å². The fourth-order valence-electron chi connectivity index (χ4n) is 0.905. The Kier molecular flexibility index (Phi) is 3.04. The van der Waals surface area contributed by atoms with E-state index in [9.17, 15) is 0 Å². The Morgan fingerprint density at radius 1 is 1.25 bits per heavy atom. The minimum Gasteiger partial charge on any atom is -0.240 e. The van der Waals surface area contributed by atoms with Crippen molar-refractivity contribution in [1.82, 2.24) is 9.97 Å². The largest absolute Gasteiger partial charge is 0.240 e. The van der Waals surface area contributed by atoms with E-state index in [0.717, 1.165) is 15.8 Å². The molecule has 2 nitrogen and oxygen atoms in total. The normalized spacial score (nSPS) is 11.7. The summed E-state index contributed by atoms with van der Waals surface area (Å²) >= 11 is 2.21. The van der Waals surface area contributed by atoms with Crippen molar-refractivity contribution in [3.63, 3.8) is 0 Å². The molecule has 0 aliphatic carbocycles. The molecule has 1 rings (SSSR count). The first-order valence-corrected chi connectivity index (χ1v) is 5.02. The van der Waals surface area contributed by atoms with Gasteiger partial charge in [-0.2, -0.15) is 0 Å². The van der Waals surface area contributed by atoms with Crippen LogP contribution in [-0.2, 0) is 6.42 Å². The van der Waals surface area contributed by atoms with Crippen molar-refractivity contribution in [3.8, 4) is 0 Å². The number of aromatic nitrogens is 2. The van der Waals surface area contributed by atoms with Gasteiger partial charge in [-0.15, -0.1) is 0 Å². The van der Waals surface area contributed by atoms with E-state index in [4.69, 9.17) is 0 Å². The van der Waals surface area contributed by atoms with Crippen molar-refractivity contribution in [2.45, 2.75) is 27.2 Å². The van der Waals surface area contributed by atoms with E-state index in [2.05, 4.69) is 53.3 Å². The van der Waals surface area contributed by atoms with Crippen LogP contribution in [0.1, 0.15) is 26.6 Å². The van der Waals surface area contributed by atoms with Gasteiger partial charge in [-0.3, -0.25) is 0 Å². The summed E-state index contributed by atoms with van der Waals surface area (Å²) in [7, 11) is 0. The van der Waals surface area contributed by atoms with Crippen LogP contribution in [0.5, 0.6) is 0 Å². The Hall–Kier alpha value is -0.190. The molecule has 0 saturated heterocycles. The number of hydrogen-bond donors (Lipinski definition) is 0. The first-order chi connectivity index (χ1) is 5.47. The molecule has 0 bridgehead atoms. The van der Waals surface area contributed by atoms with Gasteiger partial charge >= 0.3 is 0 Å². The van der Waals surface area contributed by atoms with E-state index in [1.165, 1.54) is 0 Å². The van der Waals surface area contributed by atoms with Gasteiger partial charge in [-0.1, -0.05) is 20.8 Å². The van der Waals surface area contributed by atoms with Gasteiger partial charge in [0.25, 0.3) is 0 Å². The molecule has 0 fully saturated rings. The van der Waals surface area contributed by atoms with Crippen LogP contribution in [0.15, 0.2) is 12.4 Å². The highest BCUT2D eigenvalue weighted by Crippen LogP contribution is 2.17. The van der Waals surface area contributed by atoms with Crippen molar-refractivity contribution in [2.24, 2.45) is 5.41 Å². The van der Waals surface area contributed by atoms with Crippen LogP contribution >= 0.6 is 22.6 Å². The lowest BCUT2D eigenvalue weighted by molar-refractivity contribution is 0.400. The molecule has 0 spiro atoms. The molecule has 0 atom stereocenters. The lowest BCUT2D eigenvalue weighted by Crippen LogP contribution is -2.11. The first kappa shape index (κ1) is 9.89. The van der Waals surface area contributed by atoms with Crippen LogP contribution in [0.3, 0.4) is 0 Å². The van der Waals surface area contributed by atoms with Crippen molar-refractivity contribution >= 4 is 22.6 Å². The topological polar surface area (TPSA) is 25.8 Å². The van der Waals surface area contributed by atoms with Crippen LogP contribution in [-0.4, -0.2) is 9.97 Å². The van der Waals surface area contributed by atoms with Crippen molar-refractivity contribution in [3.05, 3.63) is 21.8 Å². The van der Waals surface area contributed by atoms with E-state index >= 15 is 0 Å². The molecular weight excluding hydrogens is 263 g/mol. The summed E-state index contributed by atoms with van der Waals surface area (Å²) in [6.45, 7) is 6.57. The van der Waals surface area contributed by atoms with Gasteiger partial charge in [0.2, 0.25) is 0 Å². The Morgan fingerprint density at radius 3 is 2.17 bits per heavy atom. The Bertz CT molecular complexity index is 248. The summed E-state index contributed by atoms with van der Waals surface area (Å²) in [6.07, 6.45) is 4.65. The summed E-state index contributed by atoms with van der Waals surface area (Å²) in [6, 6.07) is 0. The highest BCUT2D eigenvalue weighted by molar-refractivity contribution is 14.1. The minimum absolute atomic E-state index is 0.271. The summed E-state index contributed by atoms with van der Waals surface area (Å²) in [5.41, 5.74) is 0.271. The van der Waals surface area contributed by atoms with Crippen LogP contribution in [0.4, 0.5) is 0 Å². The van der Waals surface area contributed by atoms with Gasteiger partial charge in [0.05, 0.1) is 0 Å². The lowest BCUT2D eigenvalue weighted by atomic mass is 9.92. The molecule has 1 heterocycles. The van der Waals surface area contributed by atoms with Gasteiger partial charge in [-0.05, 0) is 28.0 Å². The molecule has 0 radical (unpaired) electrons. The molecular formula is C9H13IN2. The molecule has 66 valence electrons. The zero-order valence-electron chi connectivity index (χ0n) is 7.63. The second-order valence-electron chi connectivity index (χ2n) is 4.05. The van der Waals surface area contributed by atoms with E-state index in [1.807, 2.05) is 12.4 Å². The fraction of sp³-hybridized carbons (Fsp3) is 0.556. The SMILES string of the molecule is CC(C)(C)Cc1ncc(I)cn1. The third kappa shape index (κ3) is 3.47. The van der Waals surface area contributed by atoms with Crippen molar-refractivity contribution in [2.75, 3.05) is 0 Å². The van der Waals surface area contributed by atoms with Gasteiger partial charge in [-0.25, -0.2) is 9.97 Å². The van der Waals surface area contributed by atoms with Crippen LogP contribution in [0, 0.1) is 8.99 Å². The zero-order valence-corrected chi connectivity index (χ0v) is 9.79. The van der Waals surface area contributed by atoms with Crippen molar-refractivity contribution in [1.29, 1.82) is 0 Å². The molecule has 0 saturated carbocycles. The maximum absolute atomic E-state index is 4.25. The minimum atomic E-state index is 0.271. The highest BCUT2D eigenvalue weighted by Gasteiger charge is 2.12. The van der Waals surface area contributed by atoms with E-state index in [0.29, 0.717) is 0 Å². The monoisotopic (exact) mass is 276 g/mol. The summed E-state index contributed by atoms with van der Waals surface area (Å²) < 4.78 is 1.09. The molecule has 1 aromatic rings. The van der Waals surface area contributed by atoms with E-state index < -0.39 is 0 Å². The second-order valence-corrected chi connectivity index (χ2v) is 5.30. The fourth-order valence-corrected chi connectivity index (χ4v) is 1.18. The third-order valence-electron chi connectivity index (χ3n) is 1.36. The van der Waals surface area contributed by atoms with E-state index in [1.54, 1.807) is 0 Å². The number of rotatable bonds is 1. The number of nitrogens with zero attached hydrogens (tertiary/aromatic N) is 2. The Morgan fingerprint density at radius 2 is 1.75 bits per heavy atom. The van der Waals surface area contributed by atoms with Crippen LogP contribution < -0.4 is 0 Å². The quantitative estimate of drug-likeness (QED) is 0.737. The molecule has 0 unspecified atom stereocenters. The molecule has 0 aliphatic heterocycles. The average Bonchev–Trinajstić information content (AvgIpc) is 1.91. The summed E-state index contributed by atoms with van der Waals surface area (Å²) in [5.74, 6) is 0.933. The average molecular weight is 276 g/mol. The maximum atomic E-state index is 4.25. The molecule has 0 aromatic carbocycles. The molecule has 3 heteroatoms. The van der Waals surface area contributed by atoms with Crippen LogP contribution in [0.25, 0.3) is 0 Å². The molecule has 0 N–H and O–H groups in total. The molecule has 0 aliphatic rings. The Labute approximate surface area is 87.0 Å². The predicted octanol–water partition coefficient (Wildman–Crippen LogP) is 2.67. The maximum Gasteiger partial charge on any atom is 0.128 e. The standard InChI is InChI=1S/C9H13IN2/c1-9(2,3)4-8-11-5-7(10)6-12-8/h5-6H,4H2,1-3H3. The highest BCUT2D eigenvalue weighted by atomic mass is 127. The number of halogens is 1. The summed E-state index contributed by atoms with van der Waals surface area (Å²) in [5, 5.41) is 0. The van der Waals surface area contributed by atoms with Crippen molar-refractivity contribution < 1.29 is 0 Å². The summed E-state index contributed by atoms with van der Waals surface area (Å²) in [4.78, 5) is 8.49. The predicted molar refractivity (Wildman–Crippen MR) is 57.9 cm³/mol. The zero-order chi connectivity index (χ0) is 9.19. The molecule has 12 heavy (non-hydrogen) atoms. The first-order valence-electron chi connectivity index (χ1n) is 3.94. The smallest absolute Gasteiger partial charge is 0.128 e. The lowest BCUT2D eigenvalue weighted by Gasteiger charge is -2.16.